The van der Waals surface area contributed by atoms with Crippen molar-refractivity contribution in [3.63, 3.8) is 0 Å². The Morgan fingerprint density at radius 3 is 2.61 bits per heavy atom. The van der Waals surface area contributed by atoms with E-state index < -0.39 is 29.4 Å². The quantitative estimate of drug-likeness (QED) is 0.434. The molecule has 2 aliphatic rings. The maximum atomic E-state index is 13.5. The van der Waals surface area contributed by atoms with E-state index in [1.807, 2.05) is 0 Å². The Hall–Kier alpha value is -3.06. The van der Waals surface area contributed by atoms with Gasteiger partial charge in [-0.15, -0.1) is 0 Å². The molecule has 206 valence electrons. The van der Waals surface area contributed by atoms with Crippen LogP contribution in [-0.2, 0) is 29.6 Å². The molecule has 38 heavy (non-hydrogen) atoms. The molecule has 13 heteroatoms. The molecule has 0 spiro atoms. The smallest absolute Gasteiger partial charge is 0.394 e. The Morgan fingerprint density at radius 2 is 1.92 bits per heavy atom. The third kappa shape index (κ3) is 6.15. The summed E-state index contributed by atoms with van der Waals surface area (Å²) in [5.41, 5.74) is -0.417. The molecule has 1 unspecified atom stereocenters. The van der Waals surface area contributed by atoms with Crippen molar-refractivity contribution in [2.24, 2.45) is 7.05 Å². The van der Waals surface area contributed by atoms with Crippen molar-refractivity contribution in [1.82, 2.24) is 9.13 Å². The molecule has 2 N–H and O–H groups in total. The number of benzene rings is 1. The lowest BCUT2D eigenvalue weighted by molar-refractivity contribution is -0.0942. The van der Waals surface area contributed by atoms with Crippen LogP contribution in [0.5, 0.6) is 0 Å². The lowest BCUT2D eigenvalue weighted by Crippen LogP contribution is -2.43. The minimum Gasteiger partial charge on any atom is -0.394 e. The van der Waals surface area contributed by atoms with E-state index in [1.165, 1.54) is 11.6 Å². The fraction of sp³-hybridized carbons (Fsp3) is 0.440. The summed E-state index contributed by atoms with van der Waals surface area (Å²) in [5.74, 6) is 0.232. The van der Waals surface area contributed by atoms with Crippen molar-refractivity contribution < 1.29 is 27.8 Å². The van der Waals surface area contributed by atoms with Crippen LogP contribution < -0.4 is 21.5 Å². The summed E-state index contributed by atoms with van der Waals surface area (Å²) in [6, 6.07) is 6.96. The number of alkyl halides is 3. The fourth-order valence-electron chi connectivity index (χ4n) is 4.35. The van der Waals surface area contributed by atoms with Gasteiger partial charge in [-0.3, -0.25) is 13.9 Å². The zero-order valence-electron chi connectivity index (χ0n) is 20.6. The van der Waals surface area contributed by atoms with Crippen molar-refractivity contribution in [2.75, 3.05) is 36.6 Å². The topological polar surface area (TPSA) is 98.0 Å². The minimum absolute atomic E-state index is 0.0308. The number of hydrogen-bond acceptors (Lipinski definition) is 7. The Kier molecular flexibility index (Phi) is 8.66. The lowest BCUT2D eigenvalue weighted by atomic mass is 9.99. The highest BCUT2D eigenvalue weighted by molar-refractivity contribution is 6.30. The van der Waals surface area contributed by atoms with Crippen molar-refractivity contribution in [1.29, 1.82) is 0 Å². The van der Waals surface area contributed by atoms with Crippen molar-refractivity contribution >= 4 is 23.1 Å². The normalized spacial score (nSPS) is 17.2. The second-order valence-electron chi connectivity index (χ2n) is 8.88. The Labute approximate surface area is 221 Å². The first-order valence-electron chi connectivity index (χ1n) is 12.0. The van der Waals surface area contributed by atoms with Crippen LogP contribution in [0.25, 0.3) is 0 Å². The first-order valence-corrected chi connectivity index (χ1v) is 12.4. The highest BCUT2D eigenvalue weighted by atomic mass is 35.5. The molecule has 1 atom stereocenters. The van der Waals surface area contributed by atoms with E-state index in [0.717, 1.165) is 16.2 Å². The van der Waals surface area contributed by atoms with Crippen molar-refractivity contribution in [3.8, 4) is 0 Å². The van der Waals surface area contributed by atoms with Gasteiger partial charge in [-0.1, -0.05) is 29.8 Å². The van der Waals surface area contributed by atoms with Crippen molar-refractivity contribution in [3.05, 3.63) is 79.0 Å². The van der Waals surface area contributed by atoms with Crippen LogP contribution in [0.15, 0.2) is 57.2 Å². The largest absolute Gasteiger partial charge is 0.412 e. The number of aliphatic hydroxyl groups is 1. The van der Waals surface area contributed by atoms with Crippen molar-refractivity contribution in [2.45, 2.75) is 38.5 Å². The van der Waals surface area contributed by atoms with Crippen LogP contribution in [0.2, 0.25) is 5.02 Å². The molecule has 0 bridgehead atoms. The highest BCUT2D eigenvalue weighted by Gasteiger charge is 2.37. The standard InChI is InChI=1S/C25H28ClF3N4O5/c1-31-21-20(22(35)32(24(31)36)9-11-37-12-10-34)33(14-16-5-7-19(26)8-6-16)23(30-21)38-15-17-3-2-4-18(13-17)25(27,28)29/h3,5-8,13,23,30,34H,2,4,9-12,14-15H2,1H3. The van der Waals surface area contributed by atoms with Gasteiger partial charge in [-0.05, 0) is 42.2 Å². The Morgan fingerprint density at radius 1 is 1.18 bits per heavy atom. The summed E-state index contributed by atoms with van der Waals surface area (Å²) >= 11 is 6.01. The monoisotopic (exact) mass is 556 g/mol. The molecular weight excluding hydrogens is 529 g/mol. The molecule has 2 aromatic rings. The zero-order chi connectivity index (χ0) is 27.4. The second-order valence-corrected chi connectivity index (χ2v) is 9.32. The fourth-order valence-corrected chi connectivity index (χ4v) is 4.48. The van der Waals surface area contributed by atoms with Crippen LogP contribution in [0.1, 0.15) is 18.4 Å². The van der Waals surface area contributed by atoms with Crippen LogP contribution >= 0.6 is 11.6 Å². The third-order valence-electron chi connectivity index (χ3n) is 6.27. The van der Waals surface area contributed by atoms with Gasteiger partial charge >= 0.3 is 11.9 Å². The lowest BCUT2D eigenvalue weighted by Gasteiger charge is -2.27. The summed E-state index contributed by atoms with van der Waals surface area (Å²) in [4.78, 5) is 28.1. The number of nitrogens with zero attached hydrogens (tertiary/aromatic N) is 3. The molecule has 1 aliphatic carbocycles. The molecule has 2 heterocycles. The first-order chi connectivity index (χ1) is 18.1. The van der Waals surface area contributed by atoms with Crippen LogP contribution in [0.4, 0.5) is 24.7 Å². The number of aliphatic hydroxyl groups excluding tert-OH is 1. The van der Waals surface area contributed by atoms with Gasteiger partial charge in [0.15, 0.2) is 0 Å². The number of allylic oxidation sites excluding steroid dienone is 2. The summed E-state index contributed by atoms with van der Waals surface area (Å²) < 4.78 is 53.2. The molecule has 0 saturated heterocycles. The summed E-state index contributed by atoms with van der Waals surface area (Å²) in [6.45, 7) is -0.0535. The summed E-state index contributed by atoms with van der Waals surface area (Å²) in [7, 11) is 1.50. The molecule has 0 saturated carbocycles. The maximum absolute atomic E-state index is 13.5. The van der Waals surface area contributed by atoms with E-state index >= 15 is 0 Å². The first kappa shape index (κ1) is 28.0. The van der Waals surface area contributed by atoms with E-state index in [1.54, 1.807) is 35.2 Å². The number of anilines is 2. The molecule has 0 amide bonds. The predicted molar refractivity (Wildman–Crippen MR) is 136 cm³/mol. The van der Waals surface area contributed by atoms with Gasteiger partial charge in [-0.2, -0.15) is 13.2 Å². The molecule has 9 nitrogen and oxygen atoms in total. The van der Waals surface area contributed by atoms with Gasteiger partial charge in [-0.25, -0.2) is 4.79 Å². The van der Waals surface area contributed by atoms with Crippen LogP contribution in [0.3, 0.4) is 0 Å². The molecule has 0 radical (unpaired) electrons. The molecule has 0 fully saturated rings. The van der Waals surface area contributed by atoms with E-state index in [-0.39, 0.29) is 63.9 Å². The maximum Gasteiger partial charge on any atom is 0.412 e. The highest BCUT2D eigenvalue weighted by Crippen LogP contribution is 2.35. The number of fused-ring (bicyclic) bond motifs is 1. The predicted octanol–water partition coefficient (Wildman–Crippen LogP) is 3.15. The van der Waals surface area contributed by atoms with Gasteiger partial charge in [0.1, 0.15) is 11.5 Å². The number of rotatable bonds is 10. The average Bonchev–Trinajstić information content (AvgIpc) is 3.25. The molecule has 1 aromatic carbocycles. The number of ether oxygens (including phenoxy) is 2. The molecule has 4 rings (SSSR count). The SMILES string of the molecule is Cn1c2c(c(=O)n(CCOCCO)c1=O)N(Cc1ccc(Cl)cc1)C(OCC1=CCCC(C(F)(F)F)=C1)N2. The van der Waals surface area contributed by atoms with E-state index in [9.17, 15) is 22.8 Å². The third-order valence-corrected chi connectivity index (χ3v) is 6.52. The van der Waals surface area contributed by atoms with E-state index in [2.05, 4.69) is 5.32 Å². The van der Waals surface area contributed by atoms with Crippen LogP contribution in [0, 0.1) is 0 Å². The van der Waals surface area contributed by atoms with Gasteiger partial charge in [0.2, 0.25) is 6.35 Å². The summed E-state index contributed by atoms with van der Waals surface area (Å²) in [5, 5.41) is 12.5. The minimum atomic E-state index is -4.41. The van der Waals surface area contributed by atoms with Gasteiger partial charge < -0.3 is 24.8 Å². The van der Waals surface area contributed by atoms with Gasteiger partial charge in [0.25, 0.3) is 5.56 Å². The van der Waals surface area contributed by atoms with Gasteiger partial charge in [0, 0.05) is 24.2 Å². The number of aromatic nitrogens is 2. The molecule has 1 aliphatic heterocycles. The van der Waals surface area contributed by atoms with Crippen LogP contribution in [-0.4, -0.2) is 53.2 Å². The van der Waals surface area contributed by atoms with Gasteiger partial charge in [0.05, 0.1) is 33.0 Å². The molecule has 1 aromatic heterocycles. The summed E-state index contributed by atoms with van der Waals surface area (Å²) in [6.07, 6.45) is -2.42. The molecular formula is C25H28ClF3N4O5. The number of nitrogens with one attached hydrogen (secondary N) is 1. The zero-order valence-corrected chi connectivity index (χ0v) is 21.4. The Bertz CT molecular complexity index is 1330. The number of hydrogen-bond donors (Lipinski definition) is 2. The number of halogens is 4. The average molecular weight is 557 g/mol. The Balaban J connectivity index is 1.65. The second kappa shape index (κ2) is 11.8. The van der Waals surface area contributed by atoms with E-state index in [4.69, 9.17) is 26.2 Å². The van der Waals surface area contributed by atoms with E-state index in [0.29, 0.717) is 10.6 Å².